The van der Waals surface area contributed by atoms with Gasteiger partial charge in [0.25, 0.3) is 0 Å². The van der Waals surface area contributed by atoms with Crippen LogP contribution in [-0.4, -0.2) is 11.4 Å². The number of rotatable bonds is 4. The lowest BCUT2D eigenvalue weighted by molar-refractivity contribution is 0.290. The molecular weight excluding hydrogens is 300 g/mol. The predicted molar refractivity (Wildman–Crippen MR) is 99.2 cm³/mol. The van der Waals surface area contributed by atoms with E-state index < -0.39 is 0 Å². The standard InChI is InChI=1S/C21H26OS/c1-19(2,3)16-11-13-17(14-12-16)21(20(4,5)22-21)15-23-18-9-7-6-8-10-18/h6-14H,15H2,1-5H3. The number of thioether (sulfide) groups is 1. The number of epoxide rings is 1. The predicted octanol–water partition coefficient (Wildman–Crippen LogP) is 5.78. The van der Waals surface area contributed by atoms with Gasteiger partial charge in [-0.3, -0.25) is 0 Å². The van der Waals surface area contributed by atoms with Gasteiger partial charge in [0.05, 0.1) is 5.60 Å². The minimum atomic E-state index is -0.177. The van der Waals surface area contributed by atoms with E-state index in [-0.39, 0.29) is 16.6 Å². The molecule has 2 heteroatoms. The third-order valence-corrected chi connectivity index (χ3v) is 5.92. The van der Waals surface area contributed by atoms with E-state index in [0.717, 1.165) is 5.75 Å². The van der Waals surface area contributed by atoms with Crippen LogP contribution in [0.25, 0.3) is 0 Å². The lowest BCUT2D eigenvalue weighted by Crippen LogP contribution is -2.22. The Kier molecular flexibility index (Phi) is 4.10. The highest BCUT2D eigenvalue weighted by Crippen LogP contribution is 2.57. The molecule has 23 heavy (non-hydrogen) atoms. The first-order valence-corrected chi connectivity index (χ1v) is 9.22. The summed E-state index contributed by atoms with van der Waals surface area (Å²) in [4.78, 5) is 1.30. The second-order valence-electron chi connectivity index (χ2n) is 7.87. The molecule has 1 unspecified atom stereocenters. The number of benzene rings is 2. The summed E-state index contributed by atoms with van der Waals surface area (Å²) in [6, 6.07) is 19.6. The van der Waals surface area contributed by atoms with Gasteiger partial charge in [-0.15, -0.1) is 11.8 Å². The molecule has 0 aliphatic carbocycles. The second kappa shape index (κ2) is 5.68. The van der Waals surface area contributed by atoms with Crippen molar-refractivity contribution in [3.8, 4) is 0 Å². The molecule has 1 aliphatic heterocycles. The van der Waals surface area contributed by atoms with E-state index in [1.807, 2.05) is 11.8 Å². The van der Waals surface area contributed by atoms with Crippen LogP contribution in [0.15, 0.2) is 59.5 Å². The number of hydrogen-bond acceptors (Lipinski definition) is 2. The molecule has 0 N–H and O–H groups in total. The third kappa shape index (κ3) is 3.20. The van der Waals surface area contributed by atoms with Crippen molar-refractivity contribution in [1.82, 2.24) is 0 Å². The van der Waals surface area contributed by atoms with Gasteiger partial charge in [-0.25, -0.2) is 0 Å². The third-order valence-electron chi connectivity index (χ3n) is 4.76. The van der Waals surface area contributed by atoms with Gasteiger partial charge in [-0.1, -0.05) is 63.2 Å². The molecule has 122 valence electrons. The van der Waals surface area contributed by atoms with E-state index in [1.54, 1.807) is 0 Å². The number of ether oxygens (including phenoxy) is 1. The molecule has 0 amide bonds. The Morgan fingerprint density at radius 2 is 1.48 bits per heavy atom. The molecule has 0 aromatic heterocycles. The maximum atomic E-state index is 6.20. The smallest absolute Gasteiger partial charge is 0.132 e. The summed E-state index contributed by atoms with van der Waals surface area (Å²) < 4.78 is 6.20. The molecule has 1 atom stereocenters. The van der Waals surface area contributed by atoms with Crippen LogP contribution < -0.4 is 0 Å². The van der Waals surface area contributed by atoms with Crippen molar-refractivity contribution in [2.45, 2.75) is 56.1 Å². The van der Waals surface area contributed by atoms with Crippen LogP contribution in [-0.2, 0) is 15.8 Å². The van der Waals surface area contributed by atoms with Crippen LogP contribution in [0.4, 0.5) is 0 Å². The summed E-state index contributed by atoms with van der Waals surface area (Å²) in [6.07, 6.45) is 0. The average molecular weight is 327 g/mol. The van der Waals surface area contributed by atoms with Crippen molar-refractivity contribution in [3.63, 3.8) is 0 Å². The van der Waals surface area contributed by atoms with Gasteiger partial charge in [0.1, 0.15) is 5.60 Å². The summed E-state index contributed by atoms with van der Waals surface area (Å²) in [7, 11) is 0. The molecule has 1 nitrogen and oxygen atoms in total. The van der Waals surface area contributed by atoms with Crippen LogP contribution in [0.2, 0.25) is 0 Å². The Hall–Kier alpha value is -1.25. The van der Waals surface area contributed by atoms with E-state index >= 15 is 0 Å². The minimum absolute atomic E-state index is 0.0992. The van der Waals surface area contributed by atoms with Gasteiger partial charge in [0, 0.05) is 10.6 Å². The molecular formula is C21H26OS. The van der Waals surface area contributed by atoms with Gasteiger partial charge >= 0.3 is 0 Å². The lowest BCUT2D eigenvalue weighted by Gasteiger charge is -2.21. The van der Waals surface area contributed by atoms with Crippen molar-refractivity contribution in [3.05, 3.63) is 65.7 Å². The SMILES string of the molecule is CC(C)(C)c1ccc(C2(CSc3ccccc3)OC2(C)C)cc1. The maximum absolute atomic E-state index is 6.20. The van der Waals surface area contributed by atoms with E-state index in [1.165, 1.54) is 16.0 Å². The maximum Gasteiger partial charge on any atom is 0.132 e. The van der Waals surface area contributed by atoms with E-state index in [2.05, 4.69) is 89.2 Å². The summed E-state index contributed by atoms with van der Waals surface area (Å²) in [5, 5.41) is 0. The molecule has 2 aromatic rings. The lowest BCUT2D eigenvalue weighted by atomic mass is 9.84. The first-order valence-electron chi connectivity index (χ1n) is 8.24. The van der Waals surface area contributed by atoms with Gasteiger partial charge in [0.15, 0.2) is 0 Å². The summed E-state index contributed by atoms with van der Waals surface area (Å²) in [6.45, 7) is 11.1. The summed E-state index contributed by atoms with van der Waals surface area (Å²) in [5.41, 5.74) is 2.57. The zero-order valence-electron chi connectivity index (χ0n) is 14.7. The fraction of sp³-hybridized carbons (Fsp3) is 0.429. The van der Waals surface area contributed by atoms with Crippen LogP contribution in [0.5, 0.6) is 0 Å². The Bertz CT molecular complexity index is 667. The molecule has 1 saturated heterocycles. The normalized spacial score (nSPS) is 22.8. The zero-order valence-corrected chi connectivity index (χ0v) is 15.5. The second-order valence-corrected chi connectivity index (χ2v) is 8.92. The van der Waals surface area contributed by atoms with Crippen molar-refractivity contribution in [1.29, 1.82) is 0 Å². The first-order chi connectivity index (χ1) is 10.7. The van der Waals surface area contributed by atoms with E-state index in [0.29, 0.717) is 0 Å². The summed E-state index contributed by atoms with van der Waals surface area (Å²) in [5.74, 6) is 0.943. The Labute approximate surface area is 144 Å². The Morgan fingerprint density at radius 3 is 1.96 bits per heavy atom. The van der Waals surface area contributed by atoms with Crippen LogP contribution in [0.3, 0.4) is 0 Å². The molecule has 1 heterocycles. The van der Waals surface area contributed by atoms with Crippen LogP contribution >= 0.6 is 11.8 Å². The molecule has 0 bridgehead atoms. The van der Waals surface area contributed by atoms with Crippen molar-refractivity contribution < 1.29 is 4.74 Å². The van der Waals surface area contributed by atoms with Gasteiger partial charge in [0.2, 0.25) is 0 Å². The summed E-state index contributed by atoms with van der Waals surface area (Å²) >= 11 is 1.87. The van der Waals surface area contributed by atoms with Gasteiger partial charge < -0.3 is 4.74 Å². The monoisotopic (exact) mass is 326 g/mol. The molecule has 1 fully saturated rings. The molecule has 2 aromatic carbocycles. The highest BCUT2D eigenvalue weighted by molar-refractivity contribution is 7.99. The fourth-order valence-electron chi connectivity index (χ4n) is 3.04. The van der Waals surface area contributed by atoms with Crippen molar-refractivity contribution in [2.24, 2.45) is 0 Å². The first kappa shape index (κ1) is 16.6. The van der Waals surface area contributed by atoms with Crippen molar-refractivity contribution >= 4 is 11.8 Å². The Morgan fingerprint density at radius 1 is 0.913 bits per heavy atom. The van der Waals surface area contributed by atoms with Crippen molar-refractivity contribution in [2.75, 3.05) is 5.75 Å². The quantitative estimate of drug-likeness (QED) is 0.521. The number of hydrogen-bond donors (Lipinski definition) is 0. The topological polar surface area (TPSA) is 12.5 Å². The average Bonchev–Trinajstić information content (AvgIpc) is 3.08. The Balaban J connectivity index is 1.82. The largest absolute Gasteiger partial charge is 0.357 e. The van der Waals surface area contributed by atoms with Crippen LogP contribution in [0.1, 0.15) is 45.7 Å². The highest BCUT2D eigenvalue weighted by Gasteiger charge is 2.64. The van der Waals surface area contributed by atoms with Gasteiger partial charge in [-0.2, -0.15) is 0 Å². The van der Waals surface area contributed by atoms with E-state index in [9.17, 15) is 0 Å². The minimum Gasteiger partial charge on any atom is -0.357 e. The van der Waals surface area contributed by atoms with Gasteiger partial charge in [-0.05, 0) is 42.5 Å². The molecule has 0 radical (unpaired) electrons. The van der Waals surface area contributed by atoms with Crippen LogP contribution in [0, 0.1) is 0 Å². The highest BCUT2D eigenvalue weighted by atomic mass is 32.2. The molecule has 0 spiro atoms. The van der Waals surface area contributed by atoms with E-state index in [4.69, 9.17) is 4.74 Å². The molecule has 1 aliphatic rings. The zero-order chi connectivity index (χ0) is 16.7. The molecule has 0 saturated carbocycles. The molecule has 3 rings (SSSR count). The fourth-order valence-corrected chi connectivity index (χ4v) is 4.34.